The second-order valence-electron chi connectivity index (χ2n) is 3.67. The second-order valence-corrected chi connectivity index (χ2v) is 4.89. The van der Waals surface area contributed by atoms with E-state index in [0.29, 0.717) is 20.9 Å². The highest BCUT2D eigenvalue weighted by Gasteiger charge is 2.09. The van der Waals surface area contributed by atoms with Crippen LogP contribution in [0.5, 0.6) is 0 Å². The zero-order valence-electron chi connectivity index (χ0n) is 8.97. The minimum Gasteiger partial charge on any atom is -0.383 e. The Morgan fingerprint density at radius 2 is 1.65 bits per heavy atom. The van der Waals surface area contributed by atoms with Gasteiger partial charge in [0.05, 0.1) is 15.1 Å². The van der Waals surface area contributed by atoms with E-state index in [-0.39, 0.29) is 0 Å². The van der Waals surface area contributed by atoms with Gasteiger partial charge in [-0.3, -0.25) is 0 Å². The van der Waals surface area contributed by atoms with Crippen LogP contribution < -0.4 is 5.73 Å². The van der Waals surface area contributed by atoms with E-state index in [9.17, 15) is 0 Å². The molecule has 2 nitrogen and oxygen atoms in total. The fraction of sp³-hybridized carbons (Fsp3) is 0.0833. The summed E-state index contributed by atoms with van der Waals surface area (Å²) in [5.41, 5.74) is 8.21. The molecule has 2 N–H and O–H groups in total. The van der Waals surface area contributed by atoms with E-state index in [0.717, 1.165) is 16.7 Å². The quantitative estimate of drug-likeness (QED) is 0.779. The van der Waals surface area contributed by atoms with E-state index >= 15 is 0 Å². The molecule has 17 heavy (non-hydrogen) atoms. The topological polar surface area (TPSA) is 38.9 Å². The van der Waals surface area contributed by atoms with Crippen LogP contribution in [0.2, 0.25) is 15.1 Å². The molecule has 5 heteroatoms. The number of nitrogens with two attached hydrogens (primary N) is 1. The van der Waals surface area contributed by atoms with E-state index in [2.05, 4.69) is 4.98 Å². The number of anilines is 1. The molecule has 0 bridgehead atoms. The van der Waals surface area contributed by atoms with E-state index < -0.39 is 0 Å². The molecule has 0 atom stereocenters. The van der Waals surface area contributed by atoms with Crippen LogP contribution in [-0.4, -0.2) is 4.98 Å². The van der Waals surface area contributed by atoms with E-state index in [4.69, 9.17) is 40.5 Å². The van der Waals surface area contributed by atoms with Gasteiger partial charge in [-0.2, -0.15) is 0 Å². The van der Waals surface area contributed by atoms with Gasteiger partial charge in [0.1, 0.15) is 5.82 Å². The minimum absolute atomic E-state index is 0.431. The number of nitrogens with zero attached hydrogens (tertiary/aromatic N) is 1. The number of nitrogen functional groups attached to an aromatic ring is 1. The molecular weight excluding hydrogens is 279 g/mol. The summed E-state index contributed by atoms with van der Waals surface area (Å²) in [4.78, 5) is 4.09. The second kappa shape index (κ2) is 4.73. The SMILES string of the molecule is Cc1cc(-c2cc(Cl)c(Cl)cc2Cl)cnc1N. The third kappa shape index (κ3) is 2.49. The summed E-state index contributed by atoms with van der Waals surface area (Å²) >= 11 is 18.0. The number of pyridine rings is 1. The standard InChI is InChI=1S/C12H9Cl3N2/c1-6-2-7(5-17-12(6)16)8-3-10(14)11(15)4-9(8)13/h2-5H,1H3,(H2,16,17). The van der Waals surface area contributed by atoms with Gasteiger partial charge in [-0.15, -0.1) is 0 Å². The Hall–Kier alpha value is -0.960. The molecule has 1 heterocycles. The lowest BCUT2D eigenvalue weighted by molar-refractivity contribution is 1.28. The summed E-state index contributed by atoms with van der Waals surface area (Å²) in [5, 5.41) is 1.42. The Labute approximate surface area is 114 Å². The van der Waals surface area contributed by atoms with Crippen molar-refractivity contribution in [2.24, 2.45) is 0 Å². The first kappa shape index (κ1) is 12.5. The average Bonchev–Trinajstić information content (AvgIpc) is 2.27. The summed E-state index contributed by atoms with van der Waals surface area (Å²) in [7, 11) is 0. The third-order valence-electron chi connectivity index (χ3n) is 2.44. The van der Waals surface area contributed by atoms with Gasteiger partial charge in [0.2, 0.25) is 0 Å². The highest BCUT2D eigenvalue weighted by molar-refractivity contribution is 6.44. The molecule has 0 fully saturated rings. The molecule has 0 saturated carbocycles. The van der Waals surface area contributed by atoms with Gasteiger partial charge in [-0.1, -0.05) is 34.8 Å². The van der Waals surface area contributed by atoms with Crippen LogP contribution in [0.4, 0.5) is 5.82 Å². The molecule has 0 radical (unpaired) electrons. The van der Waals surface area contributed by atoms with Crippen molar-refractivity contribution in [3.8, 4) is 11.1 Å². The molecule has 1 aromatic carbocycles. The highest BCUT2D eigenvalue weighted by Crippen LogP contribution is 2.35. The lowest BCUT2D eigenvalue weighted by atomic mass is 10.1. The summed E-state index contributed by atoms with van der Waals surface area (Å²) in [6.07, 6.45) is 1.66. The normalized spacial score (nSPS) is 10.6. The van der Waals surface area contributed by atoms with Crippen LogP contribution >= 0.6 is 34.8 Å². The number of benzene rings is 1. The van der Waals surface area contributed by atoms with Gasteiger partial charge in [0.25, 0.3) is 0 Å². The van der Waals surface area contributed by atoms with Crippen molar-refractivity contribution in [2.75, 3.05) is 5.73 Å². The Balaban J connectivity index is 2.60. The summed E-state index contributed by atoms with van der Waals surface area (Å²) in [5.74, 6) is 0.505. The van der Waals surface area contributed by atoms with Crippen molar-refractivity contribution >= 4 is 40.6 Å². The largest absolute Gasteiger partial charge is 0.383 e. The molecule has 0 aliphatic heterocycles. The first-order valence-corrected chi connectivity index (χ1v) is 5.99. The zero-order chi connectivity index (χ0) is 12.6. The minimum atomic E-state index is 0.431. The molecule has 2 aromatic rings. The average molecular weight is 288 g/mol. The lowest BCUT2D eigenvalue weighted by Crippen LogP contribution is -1.94. The Kier molecular flexibility index (Phi) is 3.48. The number of rotatable bonds is 1. The Bertz CT molecular complexity index is 582. The maximum absolute atomic E-state index is 6.13. The molecule has 0 aliphatic rings. The van der Waals surface area contributed by atoms with Crippen molar-refractivity contribution in [2.45, 2.75) is 6.92 Å². The van der Waals surface area contributed by atoms with Gasteiger partial charge in [-0.25, -0.2) is 4.98 Å². The van der Waals surface area contributed by atoms with Gasteiger partial charge in [0, 0.05) is 17.3 Å². The molecule has 0 aliphatic carbocycles. The monoisotopic (exact) mass is 286 g/mol. The molecule has 1 aromatic heterocycles. The van der Waals surface area contributed by atoms with E-state index in [1.54, 1.807) is 18.3 Å². The van der Waals surface area contributed by atoms with Gasteiger partial charge >= 0.3 is 0 Å². The first-order valence-electron chi connectivity index (χ1n) is 4.86. The van der Waals surface area contributed by atoms with Crippen LogP contribution in [0.1, 0.15) is 5.56 Å². The molecule has 0 amide bonds. The Morgan fingerprint density at radius 3 is 2.29 bits per heavy atom. The molecule has 0 saturated heterocycles. The van der Waals surface area contributed by atoms with Crippen molar-refractivity contribution in [1.82, 2.24) is 4.98 Å². The van der Waals surface area contributed by atoms with Crippen LogP contribution in [0, 0.1) is 6.92 Å². The molecule has 0 unspecified atom stereocenters. The predicted octanol–water partition coefficient (Wildman–Crippen LogP) is 4.60. The first-order chi connectivity index (χ1) is 7.99. The number of hydrogen-bond acceptors (Lipinski definition) is 2. The van der Waals surface area contributed by atoms with Crippen LogP contribution in [-0.2, 0) is 0 Å². The van der Waals surface area contributed by atoms with Crippen LogP contribution in [0.15, 0.2) is 24.4 Å². The lowest BCUT2D eigenvalue weighted by Gasteiger charge is -2.08. The molecule has 0 spiro atoms. The molecular formula is C12H9Cl3N2. The summed E-state index contributed by atoms with van der Waals surface area (Å²) in [6.45, 7) is 1.89. The van der Waals surface area contributed by atoms with Gasteiger partial charge in [-0.05, 0) is 30.7 Å². The van der Waals surface area contributed by atoms with Crippen LogP contribution in [0.25, 0.3) is 11.1 Å². The maximum Gasteiger partial charge on any atom is 0.126 e. The van der Waals surface area contributed by atoms with Crippen LogP contribution in [0.3, 0.4) is 0 Å². The van der Waals surface area contributed by atoms with Gasteiger partial charge in [0.15, 0.2) is 0 Å². The maximum atomic E-state index is 6.13. The molecule has 2 rings (SSSR count). The Morgan fingerprint density at radius 1 is 1.00 bits per heavy atom. The van der Waals surface area contributed by atoms with E-state index in [1.807, 2.05) is 13.0 Å². The number of halogens is 3. The van der Waals surface area contributed by atoms with Gasteiger partial charge < -0.3 is 5.73 Å². The predicted molar refractivity (Wildman–Crippen MR) is 73.9 cm³/mol. The van der Waals surface area contributed by atoms with Crippen molar-refractivity contribution in [3.05, 3.63) is 45.0 Å². The van der Waals surface area contributed by atoms with E-state index in [1.165, 1.54) is 0 Å². The van der Waals surface area contributed by atoms with Crippen molar-refractivity contribution in [1.29, 1.82) is 0 Å². The number of aryl methyl sites for hydroxylation is 1. The smallest absolute Gasteiger partial charge is 0.126 e. The fourth-order valence-corrected chi connectivity index (χ4v) is 2.13. The fourth-order valence-electron chi connectivity index (χ4n) is 1.48. The highest BCUT2D eigenvalue weighted by atomic mass is 35.5. The summed E-state index contributed by atoms with van der Waals surface area (Å²) in [6, 6.07) is 5.25. The number of hydrogen-bond donors (Lipinski definition) is 1. The van der Waals surface area contributed by atoms with Crippen molar-refractivity contribution in [3.63, 3.8) is 0 Å². The number of aromatic nitrogens is 1. The summed E-state index contributed by atoms with van der Waals surface area (Å²) < 4.78 is 0. The third-order valence-corrected chi connectivity index (χ3v) is 3.47. The zero-order valence-corrected chi connectivity index (χ0v) is 11.2. The van der Waals surface area contributed by atoms with Crippen molar-refractivity contribution < 1.29 is 0 Å². The molecule has 88 valence electrons.